The van der Waals surface area contributed by atoms with E-state index in [9.17, 15) is 4.79 Å². The maximum Gasteiger partial charge on any atom is 0.308 e. The monoisotopic (exact) mass is 272 g/mol. The number of aliphatic hydroxyl groups excluding tert-OH is 1. The molecule has 0 bridgehead atoms. The highest BCUT2D eigenvalue weighted by molar-refractivity contribution is 5.69. The first-order valence-electron chi connectivity index (χ1n) is 8.08. The summed E-state index contributed by atoms with van der Waals surface area (Å²) in [5, 5.41) is 9.15. The lowest BCUT2D eigenvalue weighted by molar-refractivity contribution is -0.168. The van der Waals surface area contributed by atoms with Crippen molar-refractivity contribution in [3.63, 3.8) is 0 Å². The van der Waals surface area contributed by atoms with Gasteiger partial charge in [0.05, 0.1) is 0 Å². The van der Waals surface area contributed by atoms with Crippen molar-refractivity contribution in [2.24, 2.45) is 0 Å². The lowest BCUT2D eigenvalue weighted by atomic mass is 10.1. The molecule has 0 radical (unpaired) electrons. The summed E-state index contributed by atoms with van der Waals surface area (Å²) in [6.07, 6.45) is 12.5. The second-order valence-corrected chi connectivity index (χ2v) is 5.28. The van der Waals surface area contributed by atoms with Crippen molar-refractivity contribution in [3.05, 3.63) is 0 Å². The molecular formula is C16H32O3. The second-order valence-electron chi connectivity index (χ2n) is 5.28. The van der Waals surface area contributed by atoms with E-state index < -0.39 is 6.29 Å². The predicted octanol–water partition coefficient (Wildman–Crippen LogP) is 4.57. The minimum Gasteiger partial charge on any atom is -0.436 e. The van der Waals surface area contributed by atoms with Crippen molar-refractivity contribution in [1.29, 1.82) is 0 Å². The minimum absolute atomic E-state index is 0.270. The number of hydrogen-bond donors (Lipinski definition) is 1. The van der Waals surface area contributed by atoms with Crippen LogP contribution in [0.4, 0.5) is 0 Å². The standard InChI is InChI=1S/C16H32O3/c1-3-5-6-7-8-9-10-11-12-13-14-16(18)19-15(17)4-2/h15,17H,3-14H2,1-2H3. The normalized spacial score (nSPS) is 12.4. The summed E-state index contributed by atoms with van der Waals surface area (Å²) in [7, 11) is 0. The third-order valence-corrected chi connectivity index (χ3v) is 3.35. The average Bonchev–Trinajstić information content (AvgIpc) is 2.40. The van der Waals surface area contributed by atoms with Gasteiger partial charge in [0.1, 0.15) is 0 Å². The van der Waals surface area contributed by atoms with Gasteiger partial charge in [-0.1, -0.05) is 71.6 Å². The Morgan fingerprint density at radius 1 is 0.895 bits per heavy atom. The molecular weight excluding hydrogens is 240 g/mol. The molecule has 1 atom stereocenters. The Morgan fingerprint density at radius 2 is 1.37 bits per heavy atom. The van der Waals surface area contributed by atoms with E-state index in [4.69, 9.17) is 9.84 Å². The fourth-order valence-corrected chi connectivity index (χ4v) is 2.05. The molecule has 19 heavy (non-hydrogen) atoms. The van der Waals surface area contributed by atoms with E-state index in [2.05, 4.69) is 6.92 Å². The van der Waals surface area contributed by atoms with Crippen LogP contribution in [0.2, 0.25) is 0 Å². The van der Waals surface area contributed by atoms with Gasteiger partial charge < -0.3 is 9.84 Å². The van der Waals surface area contributed by atoms with Crippen molar-refractivity contribution in [3.8, 4) is 0 Å². The molecule has 0 saturated carbocycles. The number of esters is 1. The Balaban J connectivity index is 3.16. The first kappa shape index (κ1) is 18.4. The molecule has 3 nitrogen and oxygen atoms in total. The quantitative estimate of drug-likeness (QED) is 0.303. The largest absolute Gasteiger partial charge is 0.436 e. The lowest BCUT2D eigenvalue weighted by Gasteiger charge is -2.09. The van der Waals surface area contributed by atoms with Crippen LogP contribution in [-0.4, -0.2) is 17.4 Å². The molecule has 0 aromatic carbocycles. The highest BCUT2D eigenvalue weighted by Crippen LogP contribution is 2.11. The molecule has 1 unspecified atom stereocenters. The lowest BCUT2D eigenvalue weighted by Crippen LogP contribution is -2.16. The van der Waals surface area contributed by atoms with Gasteiger partial charge in [0, 0.05) is 12.8 Å². The average molecular weight is 272 g/mol. The third-order valence-electron chi connectivity index (χ3n) is 3.35. The van der Waals surface area contributed by atoms with E-state index in [-0.39, 0.29) is 5.97 Å². The molecule has 114 valence electrons. The van der Waals surface area contributed by atoms with Gasteiger partial charge in [0.25, 0.3) is 0 Å². The SMILES string of the molecule is CCCCCCCCCCCCC(=O)OC(O)CC. The van der Waals surface area contributed by atoms with Crippen LogP contribution in [0.1, 0.15) is 90.9 Å². The Labute approximate surface area is 118 Å². The topological polar surface area (TPSA) is 46.5 Å². The van der Waals surface area contributed by atoms with E-state index in [0.717, 1.165) is 12.8 Å². The first-order valence-corrected chi connectivity index (χ1v) is 8.08. The van der Waals surface area contributed by atoms with Crippen molar-refractivity contribution >= 4 is 5.97 Å². The molecule has 0 spiro atoms. The predicted molar refractivity (Wildman–Crippen MR) is 78.9 cm³/mol. The molecule has 0 heterocycles. The van der Waals surface area contributed by atoms with E-state index in [1.807, 2.05) is 0 Å². The molecule has 0 amide bonds. The third kappa shape index (κ3) is 13.7. The first-order chi connectivity index (χ1) is 9.20. The van der Waals surface area contributed by atoms with Crippen molar-refractivity contribution < 1.29 is 14.6 Å². The van der Waals surface area contributed by atoms with Gasteiger partial charge in [-0.25, -0.2) is 0 Å². The van der Waals surface area contributed by atoms with Gasteiger partial charge in [0.15, 0.2) is 6.29 Å². The molecule has 0 fully saturated rings. The fourth-order valence-electron chi connectivity index (χ4n) is 2.05. The number of ether oxygens (including phenoxy) is 1. The molecule has 0 aliphatic carbocycles. The number of carbonyl (C=O) groups excluding carboxylic acids is 1. The summed E-state index contributed by atoms with van der Waals surface area (Å²) in [6, 6.07) is 0. The number of aliphatic hydroxyl groups is 1. The van der Waals surface area contributed by atoms with Crippen molar-refractivity contribution in [2.75, 3.05) is 0 Å². The summed E-state index contributed by atoms with van der Waals surface area (Å²) < 4.78 is 4.80. The zero-order valence-electron chi connectivity index (χ0n) is 12.8. The van der Waals surface area contributed by atoms with Gasteiger partial charge in [-0.2, -0.15) is 0 Å². The Hall–Kier alpha value is -0.570. The second kappa shape index (κ2) is 13.9. The van der Waals surface area contributed by atoms with Crippen LogP contribution < -0.4 is 0 Å². The zero-order valence-corrected chi connectivity index (χ0v) is 12.8. The molecule has 0 aliphatic rings. The van der Waals surface area contributed by atoms with Crippen LogP contribution >= 0.6 is 0 Å². The maximum atomic E-state index is 11.3. The van der Waals surface area contributed by atoms with Crippen LogP contribution in [0.5, 0.6) is 0 Å². The molecule has 0 aliphatic heterocycles. The molecule has 3 heteroatoms. The van der Waals surface area contributed by atoms with Gasteiger partial charge in [-0.15, -0.1) is 0 Å². The van der Waals surface area contributed by atoms with Crippen LogP contribution in [-0.2, 0) is 9.53 Å². The summed E-state index contributed by atoms with van der Waals surface area (Å²) >= 11 is 0. The van der Waals surface area contributed by atoms with Crippen LogP contribution in [0.15, 0.2) is 0 Å². The smallest absolute Gasteiger partial charge is 0.308 e. The van der Waals surface area contributed by atoms with E-state index in [0.29, 0.717) is 12.8 Å². The summed E-state index contributed by atoms with van der Waals surface area (Å²) in [5.74, 6) is -0.270. The van der Waals surface area contributed by atoms with Crippen LogP contribution in [0.25, 0.3) is 0 Å². The van der Waals surface area contributed by atoms with E-state index >= 15 is 0 Å². The van der Waals surface area contributed by atoms with Gasteiger partial charge >= 0.3 is 5.97 Å². The summed E-state index contributed by atoms with van der Waals surface area (Å²) in [6.45, 7) is 4.03. The van der Waals surface area contributed by atoms with Crippen molar-refractivity contribution in [1.82, 2.24) is 0 Å². The highest BCUT2D eigenvalue weighted by atomic mass is 16.6. The summed E-state index contributed by atoms with van der Waals surface area (Å²) in [4.78, 5) is 11.3. The minimum atomic E-state index is -0.921. The molecule has 0 aromatic heterocycles. The van der Waals surface area contributed by atoms with E-state index in [1.165, 1.54) is 51.4 Å². The Morgan fingerprint density at radius 3 is 1.84 bits per heavy atom. The van der Waals surface area contributed by atoms with Gasteiger partial charge in [-0.05, 0) is 6.42 Å². The number of hydrogen-bond acceptors (Lipinski definition) is 3. The zero-order chi connectivity index (χ0) is 14.3. The van der Waals surface area contributed by atoms with E-state index in [1.54, 1.807) is 6.92 Å². The van der Waals surface area contributed by atoms with Crippen LogP contribution in [0, 0.1) is 0 Å². The highest BCUT2D eigenvalue weighted by Gasteiger charge is 2.07. The number of rotatable bonds is 13. The fraction of sp³-hybridized carbons (Fsp3) is 0.938. The maximum absolute atomic E-state index is 11.3. The molecule has 0 aromatic rings. The van der Waals surface area contributed by atoms with Gasteiger partial charge in [0.2, 0.25) is 0 Å². The Kier molecular flexibility index (Phi) is 13.4. The number of unbranched alkanes of at least 4 members (excludes halogenated alkanes) is 9. The molecule has 0 saturated heterocycles. The van der Waals surface area contributed by atoms with Crippen molar-refractivity contribution in [2.45, 2.75) is 97.2 Å². The van der Waals surface area contributed by atoms with Gasteiger partial charge in [-0.3, -0.25) is 4.79 Å². The molecule has 1 N–H and O–H groups in total. The molecule has 0 rings (SSSR count). The Bertz CT molecular complexity index is 204. The van der Waals surface area contributed by atoms with Crippen LogP contribution in [0.3, 0.4) is 0 Å². The number of carbonyl (C=O) groups is 1. The summed E-state index contributed by atoms with van der Waals surface area (Å²) in [5.41, 5.74) is 0.